The SMILES string of the molecule is CCC(C)NC(=O)C(C)S(=O)CCC(C)N. The molecule has 0 aliphatic carbocycles. The fourth-order valence-corrected chi connectivity index (χ4v) is 2.32. The zero-order valence-electron chi connectivity index (χ0n) is 10.7. The molecule has 0 fully saturated rings. The summed E-state index contributed by atoms with van der Waals surface area (Å²) in [6.45, 7) is 7.52. The minimum Gasteiger partial charge on any atom is -0.353 e. The largest absolute Gasteiger partial charge is 0.353 e. The van der Waals surface area contributed by atoms with Crippen LogP contribution in [0.4, 0.5) is 0 Å². The fourth-order valence-electron chi connectivity index (χ4n) is 1.06. The predicted octanol–water partition coefficient (Wildman–Crippen LogP) is 0.776. The van der Waals surface area contributed by atoms with Gasteiger partial charge in [0.25, 0.3) is 0 Å². The van der Waals surface area contributed by atoms with E-state index in [2.05, 4.69) is 5.32 Å². The molecule has 0 saturated carbocycles. The van der Waals surface area contributed by atoms with E-state index in [1.807, 2.05) is 20.8 Å². The van der Waals surface area contributed by atoms with Crippen molar-refractivity contribution in [2.24, 2.45) is 5.73 Å². The molecule has 0 aliphatic rings. The van der Waals surface area contributed by atoms with Gasteiger partial charge in [-0.05, 0) is 33.6 Å². The Morgan fingerprint density at radius 3 is 2.38 bits per heavy atom. The minimum atomic E-state index is -1.13. The number of carbonyl (C=O) groups excluding carboxylic acids is 1. The predicted molar refractivity (Wildman–Crippen MR) is 68.6 cm³/mol. The van der Waals surface area contributed by atoms with Gasteiger partial charge in [-0.25, -0.2) is 0 Å². The average Bonchev–Trinajstić information content (AvgIpc) is 2.24. The van der Waals surface area contributed by atoms with Gasteiger partial charge in [0.15, 0.2) is 0 Å². The van der Waals surface area contributed by atoms with Crippen LogP contribution in [0, 0.1) is 0 Å². The van der Waals surface area contributed by atoms with Crippen LogP contribution in [0.3, 0.4) is 0 Å². The van der Waals surface area contributed by atoms with Crippen LogP contribution in [0.2, 0.25) is 0 Å². The van der Waals surface area contributed by atoms with Gasteiger partial charge in [-0.15, -0.1) is 0 Å². The Hall–Kier alpha value is -0.420. The van der Waals surface area contributed by atoms with E-state index < -0.39 is 16.0 Å². The quantitative estimate of drug-likeness (QED) is 0.699. The molecule has 5 heteroatoms. The summed E-state index contributed by atoms with van der Waals surface area (Å²) in [5.41, 5.74) is 5.58. The number of rotatable bonds is 7. The van der Waals surface area contributed by atoms with Gasteiger partial charge in [0.05, 0.1) is 0 Å². The van der Waals surface area contributed by atoms with Crippen molar-refractivity contribution in [1.82, 2.24) is 5.32 Å². The topological polar surface area (TPSA) is 72.2 Å². The van der Waals surface area contributed by atoms with Crippen molar-refractivity contribution in [2.75, 3.05) is 5.75 Å². The minimum absolute atomic E-state index is 0.0359. The Morgan fingerprint density at radius 1 is 1.38 bits per heavy atom. The van der Waals surface area contributed by atoms with Crippen molar-refractivity contribution in [3.8, 4) is 0 Å². The van der Waals surface area contributed by atoms with Crippen LogP contribution in [0.1, 0.15) is 40.5 Å². The molecule has 0 bridgehead atoms. The molecule has 96 valence electrons. The highest BCUT2D eigenvalue weighted by Gasteiger charge is 2.20. The molecule has 0 aromatic heterocycles. The summed E-state index contributed by atoms with van der Waals surface area (Å²) >= 11 is 0. The smallest absolute Gasteiger partial charge is 0.235 e. The Bertz CT molecular complexity index is 244. The molecule has 0 aromatic rings. The molecule has 4 atom stereocenters. The third-order valence-corrected chi connectivity index (χ3v) is 4.18. The van der Waals surface area contributed by atoms with Crippen LogP contribution in [-0.4, -0.2) is 33.2 Å². The van der Waals surface area contributed by atoms with Crippen LogP contribution in [-0.2, 0) is 15.6 Å². The maximum atomic E-state index is 11.8. The third-order valence-electron chi connectivity index (χ3n) is 2.54. The Kier molecular flexibility index (Phi) is 7.58. The lowest BCUT2D eigenvalue weighted by atomic mass is 10.2. The summed E-state index contributed by atoms with van der Waals surface area (Å²) in [5, 5.41) is 2.38. The summed E-state index contributed by atoms with van der Waals surface area (Å²) in [6, 6.07) is 0.175. The summed E-state index contributed by atoms with van der Waals surface area (Å²) in [5.74, 6) is 0.365. The lowest BCUT2D eigenvalue weighted by molar-refractivity contribution is -0.120. The highest BCUT2D eigenvalue weighted by atomic mass is 32.2. The zero-order chi connectivity index (χ0) is 12.7. The molecule has 0 radical (unpaired) electrons. The Labute approximate surface area is 101 Å². The monoisotopic (exact) mass is 248 g/mol. The van der Waals surface area contributed by atoms with Crippen LogP contribution < -0.4 is 11.1 Å². The molecule has 0 spiro atoms. The molecule has 0 aliphatic heterocycles. The third kappa shape index (κ3) is 6.23. The zero-order valence-corrected chi connectivity index (χ0v) is 11.5. The second-order valence-corrected chi connectivity index (χ2v) is 6.19. The highest BCUT2D eigenvalue weighted by Crippen LogP contribution is 2.01. The van der Waals surface area contributed by atoms with E-state index in [0.717, 1.165) is 6.42 Å². The molecule has 4 unspecified atom stereocenters. The van der Waals surface area contributed by atoms with Crippen molar-refractivity contribution in [3.63, 3.8) is 0 Å². The first-order valence-corrected chi connectivity index (χ1v) is 7.19. The number of nitrogens with one attached hydrogen (secondary N) is 1. The summed E-state index contributed by atoms with van der Waals surface area (Å²) < 4.78 is 11.8. The van der Waals surface area contributed by atoms with E-state index in [9.17, 15) is 9.00 Å². The second kappa shape index (κ2) is 7.79. The van der Waals surface area contributed by atoms with E-state index >= 15 is 0 Å². The summed E-state index contributed by atoms with van der Waals surface area (Å²) in [6.07, 6.45) is 1.57. The molecule has 16 heavy (non-hydrogen) atoms. The molecule has 1 amide bonds. The first-order chi connectivity index (χ1) is 7.38. The van der Waals surface area contributed by atoms with Crippen molar-refractivity contribution in [2.45, 2.75) is 57.9 Å². The van der Waals surface area contributed by atoms with E-state index in [4.69, 9.17) is 5.73 Å². The maximum Gasteiger partial charge on any atom is 0.235 e. The average molecular weight is 248 g/mol. The number of carbonyl (C=O) groups is 1. The number of nitrogens with two attached hydrogens (primary N) is 1. The van der Waals surface area contributed by atoms with Crippen LogP contribution in [0.5, 0.6) is 0 Å². The van der Waals surface area contributed by atoms with Gasteiger partial charge in [0.1, 0.15) is 5.25 Å². The van der Waals surface area contributed by atoms with Gasteiger partial charge in [-0.3, -0.25) is 9.00 Å². The molecule has 0 aromatic carbocycles. The number of hydrogen-bond donors (Lipinski definition) is 2. The van der Waals surface area contributed by atoms with Crippen molar-refractivity contribution in [3.05, 3.63) is 0 Å². The van der Waals surface area contributed by atoms with Gasteiger partial charge in [0, 0.05) is 28.6 Å². The van der Waals surface area contributed by atoms with Crippen molar-refractivity contribution >= 4 is 16.7 Å². The van der Waals surface area contributed by atoms with E-state index in [1.165, 1.54) is 0 Å². The van der Waals surface area contributed by atoms with Gasteiger partial charge in [-0.2, -0.15) is 0 Å². The van der Waals surface area contributed by atoms with Crippen LogP contribution in [0.25, 0.3) is 0 Å². The molecule has 0 saturated heterocycles. The van der Waals surface area contributed by atoms with Crippen LogP contribution in [0.15, 0.2) is 0 Å². The second-order valence-electron chi connectivity index (χ2n) is 4.31. The maximum absolute atomic E-state index is 11.8. The molecular formula is C11H24N2O2S. The van der Waals surface area contributed by atoms with E-state index in [-0.39, 0.29) is 18.0 Å². The van der Waals surface area contributed by atoms with E-state index in [0.29, 0.717) is 12.2 Å². The number of hydrogen-bond acceptors (Lipinski definition) is 3. The lowest BCUT2D eigenvalue weighted by Crippen LogP contribution is -2.41. The van der Waals surface area contributed by atoms with Gasteiger partial charge >= 0.3 is 0 Å². The van der Waals surface area contributed by atoms with Crippen LogP contribution >= 0.6 is 0 Å². The summed E-state index contributed by atoms with van der Waals surface area (Å²) in [4.78, 5) is 11.7. The highest BCUT2D eigenvalue weighted by molar-refractivity contribution is 7.86. The number of amides is 1. The molecule has 4 nitrogen and oxygen atoms in total. The lowest BCUT2D eigenvalue weighted by Gasteiger charge is -2.16. The molecular weight excluding hydrogens is 224 g/mol. The molecule has 3 N–H and O–H groups in total. The van der Waals surface area contributed by atoms with Gasteiger partial charge in [0.2, 0.25) is 5.91 Å². The van der Waals surface area contributed by atoms with Gasteiger partial charge < -0.3 is 11.1 Å². The first-order valence-electron chi connectivity index (χ1n) is 5.81. The summed E-state index contributed by atoms with van der Waals surface area (Å²) in [7, 11) is -1.13. The molecule has 0 heterocycles. The standard InChI is InChI=1S/C11H24N2O2S/c1-5-9(3)13-11(14)10(4)16(15)7-6-8(2)12/h8-10H,5-7,12H2,1-4H3,(H,13,14). The first kappa shape index (κ1) is 15.6. The Morgan fingerprint density at radius 2 is 1.94 bits per heavy atom. The van der Waals surface area contributed by atoms with Crippen molar-refractivity contribution < 1.29 is 9.00 Å². The normalized spacial score (nSPS) is 18.6. The van der Waals surface area contributed by atoms with E-state index in [1.54, 1.807) is 6.92 Å². The Balaban J connectivity index is 4.06. The van der Waals surface area contributed by atoms with Crippen molar-refractivity contribution in [1.29, 1.82) is 0 Å². The fraction of sp³-hybridized carbons (Fsp3) is 0.909. The molecule has 0 rings (SSSR count). The van der Waals surface area contributed by atoms with Gasteiger partial charge in [-0.1, -0.05) is 6.92 Å².